The molecule has 0 aliphatic rings. The molecule has 3 rings (SSSR count). The van der Waals surface area contributed by atoms with Crippen molar-refractivity contribution in [3.63, 3.8) is 0 Å². The molecule has 0 saturated carbocycles. The summed E-state index contributed by atoms with van der Waals surface area (Å²) in [6.07, 6.45) is 2.98. The zero-order valence-corrected chi connectivity index (χ0v) is 14.1. The smallest absolute Gasteiger partial charge is 0.255 e. The van der Waals surface area contributed by atoms with Crippen LogP contribution in [0.2, 0.25) is 0 Å². The van der Waals surface area contributed by atoms with Crippen molar-refractivity contribution in [3.05, 3.63) is 94.4 Å². The van der Waals surface area contributed by atoms with E-state index in [1.807, 2.05) is 36.4 Å². The van der Waals surface area contributed by atoms with Crippen LogP contribution >= 0.6 is 0 Å². The standard InChI is InChI=1S/C21H20N2O2/c1-2-16-7-3-4-8-17(16)15-20(24)22-18-10-12-19(13-11-18)23-14-6-5-9-21(23)25/h3-14H,2,15H2,1H3,(H,22,24). The lowest BCUT2D eigenvalue weighted by atomic mass is 10.0. The Morgan fingerprint density at radius 2 is 1.60 bits per heavy atom. The predicted octanol–water partition coefficient (Wildman–Crippen LogP) is 3.58. The molecule has 0 unspecified atom stereocenters. The summed E-state index contributed by atoms with van der Waals surface area (Å²) in [5, 5.41) is 2.91. The molecule has 25 heavy (non-hydrogen) atoms. The molecule has 1 aromatic heterocycles. The molecule has 0 saturated heterocycles. The Hall–Kier alpha value is -3.14. The molecule has 3 aromatic rings. The average molecular weight is 332 g/mol. The second-order valence-electron chi connectivity index (χ2n) is 5.80. The average Bonchev–Trinajstić information content (AvgIpc) is 2.63. The molecule has 0 bridgehead atoms. The summed E-state index contributed by atoms with van der Waals surface area (Å²) < 4.78 is 1.56. The quantitative estimate of drug-likeness (QED) is 0.776. The highest BCUT2D eigenvalue weighted by molar-refractivity contribution is 5.92. The van der Waals surface area contributed by atoms with Gasteiger partial charge < -0.3 is 5.32 Å². The molecule has 4 heteroatoms. The van der Waals surface area contributed by atoms with Crippen LogP contribution < -0.4 is 10.9 Å². The Morgan fingerprint density at radius 1 is 0.920 bits per heavy atom. The number of benzene rings is 2. The molecule has 1 amide bonds. The van der Waals surface area contributed by atoms with E-state index in [0.29, 0.717) is 12.1 Å². The number of nitrogens with one attached hydrogen (secondary N) is 1. The predicted molar refractivity (Wildman–Crippen MR) is 100 cm³/mol. The Bertz CT molecular complexity index is 927. The van der Waals surface area contributed by atoms with Crippen molar-refractivity contribution >= 4 is 11.6 Å². The second kappa shape index (κ2) is 7.62. The van der Waals surface area contributed by atoms with Gasteiger partial charge in [0.2, 0.25) is 5.91 Å². The van der Waals surface area contributed by atoms with Crippen molar-refractivity contribution in [3.8, 4) is 5.69 Å². The van der Waals surface area contributed by atoms with E-state index in [4.69, 9.17) is 0 Å². The number of carbonyl (C=O) groups is 1. The summed E-state index contributed by atoms with van der Waals surface area (Å²) in [5.74, 6) is -0.0504. The number of aromatic nitrogens is 1. The molecule has 1 N–H and O–H groups in total. The van der Waals surface area contributed by atoms with Crippen LogP contribution in [-0.2, 0) is 17.6 Å². The van der Waals surface area contributed by atoms with Gasteiger partial charge in [0.05, 0.1) is 6.42 Å². The summed E-state index contributed by atoms with van der Waals surface area (Å²) in [5.41, 5.74) is 3.63. The maximum atomic E-state index is 12.3. The zero-order chi connectivity index (χ0) is 17.6. The van der Waals surface area contributed by atoms with Crippen LogP contribution in [0.3, 0.4) is 0 Å². The summed E-state index contributed by atoms with van der Waals surface area (Å²) in [4.78, 5) is 24.1. The first-order valence-corrected chi connectivity index (χ1v) is 8.32. The number of hydrogen-bond donors (Lipinski definition) is 1. The molecular weight excluding hydrogens is 312 g/mol. The Balaban J connectivity index is 1.70. The first kappa shape index (κ1) is 16.7. The molecule has 126 valence electrons. The number of pyridine rings is 1. The van der Waals surface area contributed by atoms with Crippen molar-refractivity contribution in [2.75, 3.05) is 5.32 Å². The van der Waals surface area contributed by atoms with E-state index in [-0.39, 0.29) is 11.5 Å². The maximum absolute atomic E-state index is 12.3. The van der Waals surface area contributed by atoms with Gasteiger partial charge in [-0.05, 0) is 47.9 Å². The number of carbonyl (C=O) groups excluding carboxylic acids is 1. The highest BCUT2D eigenvalue weighted by Gasteiger charge is 2.07. The van der Waals surface area contributed by atoms with E-state index >= 15 is 0 Å². The van der Waals surface area contributed by atoms with Gasteiger partial charge in [0.25, 0.3) is 5.56 Å². The minimum atomic E-state index is -0.0875. The first-order chi connectivity index (χ1) is 12.2. The summed E-state index contributed by atoms with van der Waals surface area (Å²) >= 11 is 0. The van der Waals surface area contributed by atoms with E-state index < -0.39 is 0 Å². The van der Waals surface area contributed by atoms with Crippen LogP contribution in [0.5, 0.6) is 0 Å². The van der Waals surface area contributed by atoms with Crippen molar-refractivity contribution in [1.29, 1.82) is 0 Å². The van der Waals surface area contributed by atoms with Crippen molar-refractivity contribution < 1.29 is 4.79 Å². The first-order valence-electron chi connectivity index (χ1n) is 8.32. The van der Waals surface area contributed by atoms with Crippen molar-refractivity contribution in [2.24, 2.45) is 0 Å². The lowest BCUT2D eigenvalue weighted by molar-refractivity contribution is -0.115. The van der Waals surface area contributed by atoms with Gasteiger partial charge in [-0.15, -0.1) is 0 Å². The SMILES string of the molecule is CCc1ccccc1CC(=O)Nc1ccc(-n2ccccc2=O)cc1. The molecule has 0 spiro atoms. The van der Waals surface area contributed by atoms with Crippen molar-refractivity contribution in [1.82, 2.24) is 4.57 Å². The Morgan fingerprint density at radius 3 is 2.28 bits per heavy atom. The highest BCUT2D eigenvalue weighted by Crippen LogP contribution is 2.14. The van der Waals surface area contributed by atoms with Gasteiger partial charge in [-0.2, -0.15) is 0 Å². The van der Waals surface area contributed by atoms with Gasteiger partial charge in [-0.1, -0.05) is 37.3 Å². The third-order valence-electron chi connectivity index (χ3n) is 4.10. The van der Waals surface area contributed by atoms with Gasteiger partial charge in [0, 0.05) is 23.6 Å². The van der Waals surface area contributed by atoms with Crippen LogP contribution in [0, 0.1) is 0 Å². The Labute approximate surface area is 146 Å². The number of rotatable bonds is 5. The molecule has 0 aliphatic carbocycles. The van der Waals surface area contributed by atoms with Crippen molar-refractivity contribution in [2.45, 2.75) is 19.8 Å². The maximum Gasteiger partial charge on any atom is 0.255 e. The van der Waals surface area contributed by atoms with E-state index in [1.54, 1.807) is 29.0 Å². The lowest BCUT2D eigenvalue weighted by Crippen LogP contribution is -2.16. The fourth-order valence-corrected chi connectivity index (χ4v) is 2.80. The minimum Gasteiger partial charge on any atom is -0.326 e. The van der Waals surface area contributed by atoms with Crippen LogP contribution in [0.15, 0.2) is 77.7 Å². The minimum absolute atomic E-state index is 0.0504. The largest absolute Gasteiger partial charge is 0.326 e. The van der Waals surface area contributed by atoms with Gasteiger partial charge in [-0.25, -0.2) is 0 Å². The summed E-state index contributed by atoms with van der Waals surface area (Å²) in [7, 11) is 0. The van der Waals surface area contributed by atoms with E-state index in [9.17, 15) is 9.59 Å². The van der Waals surface area contributed by atoms with Gasteiger partial charge in [0.15, 0.2) is 0 Å². The summed E-state index contributed by atoms with van der Waals surface area (Å²) in [6.45, 7) is 2.08. The molecule has 2 aromatic carbocycles. The van der Waals surface area contributed by atoms with Crippen LogP contribution in [0.1, 0.15) is 18.1 Å². The summed E-state index contributed by atoms with van der Waals surface area (Å²) in [6, 6.07) is 20.3. The molecule has 0 atom stereocenters. The molecule has 0 fully saturated rings. The zero-order valence-electron chi connectivity index (χ0n) is 14.1. The van der Waals surface area contributed by atoms with Gasteiger partial charge in [-0.3, -0.25) is 14.2 Å². The number of nitrogens with zero attached hydrogens (tertiary/aromatic N) is 1. The molecule has 4 nitrogen and oxygen atoms in total. The van der Waals surface area contributed by atoms with Gasteiger partial charge >= 0.3 is 0 Å². The molecular formula is C21H20N2O2. The highest BCUT2D eigenvalue weighted by atomic mass is 16.1. The molecule has 0 aliphatic heterocycles. The third kappa shape index (κ3) is 4.04. The normalized spacial score (nSPS) is 10.4. The van der Waals surface area contributed by atoms with E-state index in [1.165, 1.54) is 11.6 Å². The number of anilines is 1. The monoisotopic (exact) mass is 332 g/mol. The second-order valence-corrected chi connectivity index (χ2v) is 5.80. The van der Waals surface area contributed by atoms with Gasteiger partial charge in [0.1, 0.15) is 0 Å². The number of aryl methyl sites for hydroxylation is 1. The molecule has 1 heterocycles. The fourth-order valence-electron chi connectivity index (χ4n) is 2.80. The number of hydrogen-bond acceptors (Lipinski definition) is 2. The lowest BCUT2D eigenvalue weighted by Gasteiger charge is -2.10. The van der Waals surface area contributed by atoms with Crippen LogP contribution in [-0.4, -0.2) is 10.5 Å². The molecule has 0 radical (unpaired) electrons. The van der Waals surface area contributed by atoms with Crippen LogP contribution in [0.4, 0.5) is 5.69 Å². The number of amides is 1. The third-order valence-corrected chi connectivity index (χ3v) is 4.10. The van der Waals surface area contributed by atoms with Crippen LogP contribution in [0.25, 0.3) is 5.69 Å². The Kier molecular flexibility index (Phi) is 5.09. The van der Waals surface area contributed by atoms with E-state index in [0.717, 1.165) is 17.7 Å². The topological polar surface area (TPSA) is 51.1 Å². The fraction of sp³-hybridized carbons (Fsp3) is 0.143. The van der Waals surface area contributed by atoms with E-state index in [2.05, 4.69) is 18.3 Å².